The molecule has 1 radical (unpaired) electrons. The zero-order valence-electron chi connectivity index (χ0n) is 7.34. The van der Waals surface area contributed by atoms with Crippen molar-refractivity contribution in [3.63, 3.8) is 0 Å². The summed E-state index contributed by atoms with van der Waals surface area (Å²) in [5, 5.41) is 11.6. The Morgan fingerprint density at radius 3 is 1.80 bits per heavy atom. The van der Waals surface area contributed by atoms with E-state index in [2.05, 4.69) is 0 Å². The lowest BCUT2D eigenvalue weighted by atomic mass is 10.1. The van der Waals surface area contributed by atoms with Gasteiger partial charge in [-0.15, -0.1) is 0 Å². The molecule has 0 heterocycles. The normalized spacial score (nSPS) is 13.2. The van der Waals surface area contributed by atoms with Gasteiger partial charge in [0.15, 0.2) is 0 Å². The van der Waals surface area contributed by atoms with Gasteiger partial charge in [-0.1, -0.05) is 5.21 Å². The van der Waals surface area contributed by atoms with Gasteiger partial charge in [-0.2, -0.15) is 0 Å². The van der Waals surface area contributed by atoms with Crippen molar-refractivity contribution in [3.8, 4) is 0 Å². The Hall–Kier alpha value is -0.120. The Morgan fingerprint density at radius 1 is 1.30 bits per heavy atom. The van der Waals surface area contributed by atoms with E-state index in [1.165, 1.54) is 0 Å². The van der Waals surface area contributed by atoms with E-state index in [4.69, 9.17) is 4.84 Å². The lowest BCUT2D eigenvalue weighted by molar-refractivity contribution is -0.427. The average Bonchev–Trinajstić information content (AvgIpc) is 1.60. The Balaban J connectivity index is 3.73. The van der Waals surface area contributed by atoms with Gasteiger partial charge in [0.05, 0.1) is 11.6 Å². The van der Waals surface area contributed by atoms with Crippen LogP contribution in [0.5, 0.6) is 0 Å². The molecule has 10 heavy (non-hydrogen) atoms. The number of hydrogen-bond acceptors (Lipinski definition) is 2. The molecular formula is C7H16NO2. The van der Waals surface area contributed by atoms with Crippen LogP contribution in [0.3, 0.4) is 0 Å². The summed E-state index contributed by atoms with van der Waals surface area (Å²) < 4.78 is 0. The van der Waals surface area contributed by atoms with Crippen molar-refractivity contribution in [1.29, 1.82) is 0 Å². The van der Waals surface area contributed by atoms with Crippen LogP contribution in [-0.2, 0) is 10.0 Å². The Bertz CT molecular complexity index is 96.3. The van der Waals surface area contributed by atoms with Crippen LogP contribution in [0.1, 0.15) is 34.6 Å². The van der Waals surface area contributed by atoms with Gasteiger partial charge in [-0.05, 0) is 39.8 Å². The summed E-state index contributed by atoms with van der Waals surface area (Å²) in [7, 11) is 0. The van der Waals surface area contributed by atoms with Crippen LogP contribution >= 0.6 is 0 Å². The predicted molar refractivity (Wildman–Crippen MR) is 38.5 cm³/mol. The fraction of sp³-hybridized carbons (Fsp3) is 1.00. The number of nitrogens with zero attached hydrogens (tertiary/aromatic N) is 1. The van der Waals surface area contributed by atoms with Crippen LogP contribution in [0.4, 0.5) is 0 Å². The molecule has 0 saturated carbocycles. The highest BCUT2D eigenvalue weighted by Gasteiger charge is 2.22. The molecule has 0 saturated heterocycles. The smallest absolute Gasteiger partial charge is 0.0764 e. The molecule has 0 aliphatic carbocycles. The molecule has 0 fully saturated rings. The van der Waals surface area contributed by atoms with E-state index in [0.29, 0.717) is 5.23 Å². The third kappa shape index (κ3) is 3.82. The first-order valence-electron chi connectivity index (χ1n) is 3.48. The van der Waals surface area contributed by atoms with E-state index in [-0.39, 0.29) is 6.10 Å². The SMILES string of the molecule is CC(C)ON([O])C(C)(C)C. The maximum atomic E-state index is 11.0. The van der Waals surface area contributed by atoms with Crippen molar-refractivity contribution in [1.82, 2.24) is 5.23 Å². The molecule has 0 amide bonds. The minimum absolute atomic E-state index is 0.0447. The minimum atomic E-state index is -0.454. The summed E-state index contributed by atoms with van der Waals surface area (Å²) in [4.78, 5) is 4.89. The molecule has 0 atom stereocenters. The third-order valence-corrected chi connectivity index (χ3v) is 0.854. The second-order valence-electron chi connectivity index (χ2n) is 3.58. The van der Waals surface area contributed by atoms with E-state index in [1.807, 2.05) is 34.6 Å². The second kappa shape index (κ2) is 3.32. The Labute approximate surface area is 62.5 Å². The summed E-state index contributed by atoms with van der Waals surface area (Å²) >= 11 is 0. The molecule has 0 aromatic heterocycles. The predicted octanol–water partition coefficient (Wildman–Crippen LogP) is 1.77. The van der Waals surface area contributed by atoms with Crippen molar-refractivity contribution in [2.75, 3.05) is 0 Å². The van der Waals surface area contributed by atoms with Crippen LogP contribution in [0.25, 0.3) is 0 Å². The van der Waals surface area contributed by atoms with Crippen LogP contribution in [-0.4, -0.2) is 16.9 Å². The number of rotatable bonds is 2. The molecule has 61 valence electrons. The maximum absolute atomic E-state index is 11.0. The van der Waals surface area contributed by atoms with Crippen molar-refractivity contribution >= 4 is 0 Å². The molecule has 0 aromatic carbocycles. The van der Waals surface area contributed by atoms with Gasteiger partial charge in [-0.3, -0.25) is 4.84 Å². The molecule has 0 bridgehead atoms. The first-order valence-corrected chi connectivity index (χ1v) is 3.48. The summed E-state index contributed by atoms with van der Waals surface area (Å²) in [5.74, 6) is 0. The summed E-state index contributed by atoms with van der Waals surface area (Å²) in [6, 6.07) is 0. The molecular weight excluding hydrogens is 130 g/mol. The summed E-state index contributed by atoms with van der Waals surface area (Å²) in [6.45, 7) is 9.08. The first kappa shape index (κ1) is 9.88. The van der Waals surface area contributed by atoms with Gasteiger partial charge in [0, 0.05) is 0 Å². The van der Waals surface area contributed by atoms with Crippen LogP contribution in [0.15, 0.2) is 0 Å². The van der Waals surface area contributed by atoms with Gasteiger partial charge in [-0.25, -0.2) is 0 Å². The standard InChI is InChI=1S/C7H16NO2/c1-6(2)10-8(9)7(3,4)5/h6H,1-5H3. The highest BCUT2D eigenvalue weighted by Crippen LogP contribution is 2.11. The molecule has 3 heteroatoms. The molecule has 0 unspecified atom stereocenters. The average molecular weight is 146 g/mol. The lowest BCUT2D eigenvalue weighted by Gasteiger charge is -2.26. The zero-order valence-corrected chi connectivity index (χ0v) is 7.34. The van der Waals surface area contributed by atoms with Crippen LogP contribution in [0.2, 0.25) is 0 Å². The van der Waals surface area contributed by atoms with Gasteiger partial charge in [0.2, 0.25) is 0 Å². The van der Waals surface area contributed by atoms with Gasteiger partial charge in [0.25, 0.3) is 0 Å². The van der Waals surface area contributed by atoms with E-state index < -0.39 is 5.54 Å². The quantitative estimate of drug-likeness (QED) is 0.556. The maximum Gasteiger partial charge on any atom is 0.0764 e. The molecule has 0 rings (SSSR count). The number of hydroxylamine groups is 2. The van der Waals surface area contributed by atoms with Crippen molar-refractivity contribution in [2.24, 2.45) is 0 Å². The molecule has 0 spiro atoms. The summed E-state index contributed by atoms with van der Waals surface area (Å²) in [6.07, 6.45) is -0.0447. The molecule has 0 aliphatic rings. The van der Waals surface area contributed by atoms with Crippen molar-refractivity contribution in [3.05, 3.63) is 0 Å². The fourth-order valence-electron chi connectivity index (χ4n) is 0.350. The summed E-state index contributed by atoms with van der Waals surface area (Å²) in [5.41, 5.74) is -0.454. The fourth-order valence-corrected chi connectivity index (χ4v) is 0.350. The monoisotopic (exact) mass is 146 g/mol. The Kier molecular flexibility index (Phi) is 3.28. The molecule has 0 aromatic rings. The van der Waals surface area contributed by atoms with Crippen molar-refractivity contribution in [2.45, 2.75) is 46.3 Å². The van der Waals surface area contributed by atoms with E-state index in [9.17, 15) is 5.21 Å². The lowest BCUT2D eigenvalue weighted by Crippen LogP contribution is -2.39. The molecule has 0 N–H and O–H groups in total. The van der Waals surface area contributed by atoms with Crippen molar-refractivity contribution < 1.29 is 10.0 Å². The zero-order chi connectivity index (χ0) is 8.36. The molecule has 3 nitrogen and oxygen atoms in total. The highest BCUT2D eigenvalue weighted by molar-refractivity contribution is 4.62. The highest BCUT2D eigenvalue weighted by atomic mass is 16.9. The van der Waals surface area contributed by atoms with Crippen LogP contribution < -0.4 is 0 Å². The third-order valence-electron chi connectivity index (χ3n) is 0.854. The van der Waals surface area contributed by atoms with Crippen LogP contribution in [0, 0.1) is 0 Å². The van der Waals surface area contributed by atoms with E-state index in [1.54, 1.807) is 0 Å². The van der Waals surface area contributed by atoms with E-state index in [0.717, 1.165) is 0 Å². The topological polar surface area (TPSA) is 32.4 Å². The van der Waals surface area contributed by atoms with E-state index >= 15 is 0 Å². The minimum Gasteiger partial charge on any atom is -0.269 e. The largest absolute Gasteiger partial charge is 0.269 e. The second-order valence-corrected chi connectivity index (χ2v) is 3.58. The number of hydrogen-bond donors (Lipinski definition) is 0. The van der Waals surface area contributed by atoms with Gasteiger partial charge < -0.3 is 0 Å². The molecule has 0 aliphatic heterocycles. The Morgan fingerprint density at radius 2 is 1.70 bits per heavy atom. The van der Waals surface area contributed by atoms with Gasteiger partial charge >= 0.3 is 0 Å². The first-order chi connectivity index (χ1) is 4.34. The van der Waals surface area contributed by atoms with Gasteiger partial charge in [0.1, 0.15) is 0 Å².